The molecule has 2 aromatic rings. The number of benzene rings is 2. The molecule has 1 amide bonds. The van der Waals surface area contributed by atoms with Crippen LogP contribution in [0.2, 0.25) is 5.02 Å². The fourth-order valence-electron chi connectivity index (χ4n) is 3.69. The van der Waals surface area contributed by atoms with Crippen LogP contribution >= 0.6 is 11.6 Å². The molecule has 1 saturated heterocycles. The van der Waals surface area contributed by atoms with Gasteiger partial charge in [-0.05, 0) is 61.4 Å². The van der Waals surface area contributed by atoms with Gasteiger partial charge in [0.1, 0.15) is 0 Å². The lowest BCUT2D eigenvalue weighted by molar-refractivity contribution is -0.121. The topological polar surface area (TPSA) is 54.0 Å². The fourth-order valence-corrected chi connectivity index (χ4v) is 3.81. The second-order valence-corrected chi connectivity index (χ2v) is 8.05. The highest BCUT2D eigenvalue weighted by molar-refractivity contribution is 6.30. The molecule has 3 rings (SSSR count). The minimum absolute atomic E-state index is 0.00140. The minimum Gasteiger partial charge on any atom is -0.493 e. The molecule has 7 heteroatoms. The molecule has 6 nitrogen and oxygen atoms in total. The molecule has 0 radical (unpaired) electrons. The highest BCUT2D eigenvalue weighted by Gasteiger charge is 2.26. The average Bonchev–Trinajstić information content (AvgIpc) is 2.76. The Hall–Kier alpha value is -2.28. The summed E-state index contributed by atoms with van der Waals surface area (Å²) in [5, 5.41) is 3.62. The van der Waals surface area contributed by atoms with Gasteiger partial charge in [-0.15, -0.1) is 0 Å². The summed E-state index contributed by atoms with van der Waals surface area (Å²) in [7, 11) is 3.31. The summed E-state index contributed by atoms with van der Waals surface area (Å²) >= 11 is 5.91. The second kappa shape index (κ2) is 10.2. The van der Waals surface area contributed by atoms with E-state index in [0.29, 0.717) is 5.02 Å². The van der Waals surface area contributed by atoms with E-state index < -0.39 is 0 Å². The molecule has 0 aromatic heterocycles. The largest absolute Gasteiger partial charge is 0.493 e. The number of amides is 1. The SMILES string of the molecule is COc1cc(C)c(CN2CCN(C(C)C(=O)Nc3ccc(Cl)cc3)CC2)cc1OC. The number of methoxy groups -OCH3 is 2. The molecule has 1 fully saturated rings. The predicted molar refractivity (Wildman–Crippen MR) is 121 cm³/mol. The number of anilines is 1. The first-order chi connectivity index (χ1) is 14.4. The van der Waals surface area contributed by atoms with Crippen LogP contribution in [0.15, 0.2) is 36.4 Å². The first-order valence-corrected chi connectivity index (χ1v) is 10.5. The standard InChI is InChI=1S/C23H30ClN3O3/c1-16-13-21(29-3)22(30-4)14-18(16)15-26-9-11-27(12-10-26)17(2)23(28)25-20-7-5-19(24)6-8-20/h5-8,13-14,17H,9-12,15H2,1-4H3,(H,25,28). The molecule has 0 spiro atoms. The minimum atomic E-state index is -0.189. The zero-order valence-electron chi connectivity index (χ0n) is 18.1. The van der Waals surface area contributed by atoms with Gasteiger partial charge in [0.25, 0.3) is 0 Å². The van der Waals surface area contributed by atoms with Gasteiger partial charge in [0, 0.05) is 43.4 Å². The monoisotopic (exact) mass is 431 g/mol. The number of halogens is 1. The van der Waals surface area contributed by atoms with Gasteiger partial charge in [-0.2, -0.15) is 0 Å². The first kappa shape index (κ1) is 22.4. The Morgan fingerprint density at radius 2 is 1.67 bits per heavy atom. The summed E-state index contributed by atoms with van der Waals surface area (Å²) in [6, 6.07) is 11.1. The van der Waals surface area contributed by atoms with E-state index in [1.54, 1.807) is 26.4 Å². The van der Waals surface area contributed by atoms with Crippen LogP contribution in [-0.4, -0.2) is 62.1 Å². The zero-order valence-corrected chi connectivity index (χ0v) is 18.8. The van der Waals surface area contributed by atoms with Gasteiger partial charge in [0.2, 0.25) is 5.91 Å². The highest BCUT2D eigenvalue weighted by Crippen LogP contribution is 2.31. The lowest BCUT2D eigenvalue weighted by atomic mass is 10.1. The van der Waals surface area contributed by atoms with Crippen molar-refractivity contribution in [2.24, 2.45) is 0 Å². The van der Waals surface area contributed by atoms with Crippen molar-refractivity contribution in [3.63, 3.8) is 0 Å². The molecule has 1 aliphatic rings. The smallest absolute Gasteiger partial charge is 0.241 e. The Labute approximate surface area is 183 Å². The molecular weight excluding hydrogens is 402 g/mol. The molecule has 1 atom stereocenters. The molecule has 1 aliphatic heterocycles. The molecule has 1 N–H and O–H groups in total. The molecule has 2 aromatic carbocycles. The Morgan fingerprint density at radius 3 is 2.27 bits per heavy atom. The van der Waals surface area contributed by atoms with Crippen molar-refractivity contribution in [1.29, 1.82) is 0 Å². The highest BCUT2D eigenvalue weighted by atomic mass is 35.5. The summed E-state index contributed by atoms with van der Waals surface area (Å²) in [6.45, 7) is 8.42. The lowest BCUT2D eigenvalue weighted by Gasteiger charge is -2.37. The number of hydrogen-bond donors (Lipinski definition) is 1. The summed E-state index contributed by atoms with van der Waals surface area (Å²) in [6.07, 6.45) is 0. The van der Waals surface area contributed by atoms with E-state index >= 15 is 0 Å². The van der Waals surface area contributed by atoms with Crippen molar-refractivity contribution in [3.05, 3.63) is 52.5 Å². The zero-order chi connectivity index (χ0) is 21.7. The van der Waals surface area contributed by atoms with E-state index in [1.807, 2.05) is 25.1 Å². The van der Waals surface area contributed by atoms with Gasteiger partial charge < -0.3 is 14.8 Å². The molecule has 0 aliphatic carbocycles. The van der Waals surface area contributed by atoms with Gasteiger partial charge in [0.15, 0.2) is 11.5 Å². The predicted octanol–water partition coefficient (Wildman–Crippen LogP) is 3.81. The molecular formula is C23H30ClN3O3. The Morgan fingerprint density at radius 1 is 1.07 bits per heavy atom. The maximum Gasteiger partial charge on any atom is 0.241 e. The second-order valence-electron chi connectivity index (χ2n) is 7.62. The van der Waals surface area contributed by atoms with Crippen LogP contribution in [0, 0.1) is 6.92 Å². The molecule has 1 unspecified atom stereocenters. The van der Waals surface area contributed by atoms with Crippen LogP contribution < -0.4 is 14.8 Å². The van der Waals surface area contributed by atoms with Crippen molar-refractivity contribution in [1.82, 2.24) is 9.80 Å². The number of rotatable bonds is 7. The number of carbonyl (C=O) groups is 1. The van der Waals surface area contributed by atoms with Crippen LogP contribution in [0.3, 0.4) is 0 Å². The summed E-state index contributed by atoms with van der Waals surface area (Å²) in [4.78, 5) is 17.3. The molecule has 1 heterocycles. The van der Waals surface area contributed by atoms with E-state index in [0.717, 1.165) is 49.9 Å². The summed E-state index contributed by atoms with van der Waals surface area (Å²) in [5.74, 6) is 1.51. The van der Waals surface area contributed by atoms with Gasteiger partial charge in [0.05, 0.1) is 20.3 Å². The maximum atomic E-state index is 12.6. The van der Waals surface area contributed by atoms with Gasteiger partial charge in [-0.3, -0.25) is 14.6 Å². The number of nitrogens with zero attached hydrogens (tertiary/aromatic N) is 2. The van der Waals surface area contributed by atoms with Gasteiger partial charge >= 0.3 is 0 Å². The van der Waals surface area contributed by atoms with E-state index in [4.69, 9.17) is 21.1 Å². The number of piperazine rings is 1. The quantitative estimate of drug-likeness (QED) is 0.722. The molecule has 0 bridgehead atoms. The van der Waals surface area contributed by atoms with Gasteiger partial charge in [-0.1, -0.05) is 11.6 Å². The van der Waals surface area contributed by atoms with Crippen molar-refractivity contribution < 1.29 is 14.3 Å². The van der Waals surface area contributed by atoms with Crippen LogP contribution in [0.5, 0.6) is 11.5 Å². The van der Waals surface area contributed by atoms with Crippen molar-refractivity contribution in [2.75, 3.05) is 45.7 Å². The van der Waals surface area contributed by atoms with Crippen LogP contribution in [-0.2, 0) is 11.3 Å². The maximum absolute atomic E-state index is 12.6. The Balaban J connectivity index is 1.54. The summed E-state index contributed by atoms with van der Waals surface area (Å²) < 4.78 is 10.8. The van der Waals surface area contributed by atoms with E-state index in [9.17, 15) is 4.79 Å². The van der Waals surface area contributed by atoms with Crippen LogP contribution in [0.4, 0.5) is 5.69 Å². The third kappa shape index (κ3) is 5.45. The Kier molecular flexibility index (Phi) is 7.58. The summed E-state index contributed by atoms with van der Waals surface area (Å²) in [5.41, 5.74) is 3.18. The normalized spacial score (nSPS) is 16.2. The fraction of sp³-hybridized carbons (Fsp3) is 0.435. The number of hydrogen-bond acceptors (Lipinski definition) is 5. The van der Waals surface area contributed by atoms with E-state index in [1.165, 1.54) is 11.1 Å². The number of nitrogens with one attached hydrogen (secondary N) is 1. The van der Waals surface area contributed by atoms with Crippen molar-refractivity contribution in [3.8, 4) is 11.5 Å². The molecule has 30 heavy (non-hydrogen) atoms. The van der Waals surface area contributed by atoms with Crippen molar-refractivity contribution >= 4 is 23.2 Å². The van der Waals surface area contributed by atoms with Gasteiger partial charge in [-0.25, -0.2) is 0 Å². The third-order valence-electron chi connectivity index (χ3n) is 5.68. The first-order valence-electron chi connectivity index (χ1n) is 10.2. The molecule has 0 saturated carbocycles. The molecule has 162 valence electrons. The van der Waals surface area contributed by atoms with E-state index in [-0.39, 0.29) is 11.9 Å². The van der Waals surface area contributed by atoms with E-state index in [2.05, 4.69) is 28.1 Å². The number of carbonyl (C=O) groups excluding carboxylic acids is 1. The number of ether oxygens (including phenoxy) is 2. The lowest BCUT2D eigenvalue weighted by Crippen LogP contribution is -2.52. The van der Waals surface area contributed by atoms with Crippen LogP contribution in [0.1, 0.15) is 18.1 Å². The Bertz CT molecular complexity index is 865. The third-order valence-corrected chi connectivity index (χ3v) is 5.93. The van der Waals surface area contributed by atoms with Crippen LogP contribution in [0.25, 0.3) is 0 Å². The van der Waals surface area contributed by atoms with Crippen molar-refractivity contribution in [2.45, 2.75) is 26.4 Å². The number of aryl methyl sites for hydroxylation is 1. The average molecular weight is 432 g/mol.